The first-order valence-electron chi connectivity index (χ1n) is 7.97. The number of rotatable bonds is 5. The lowest BCUT2D eigenvalue weighted by molar-refractivity contribution is -0.165. The van der Waals surface area contributed by atoms with Gasteiger partial charge in [0.05, 0.1) is 11.9 Å². The summed E-state index contributed by atoms with van der Waals surface area (Å²) in [6, 6.07) is 4.57. The van der Waals surface area contributed by atoms with E-state index >= 15 is 0 Å². The Hall–Kier alpha value is -2.51. The maximum Gasteiger partial charge on any atom is 0.416 e. The van der Waals surface area contributed by atoms with Gasteiger partial charge in [0.1, 0.15) is 5.75 Å². The van der Waals surface area contributed by atoms with Crippen molar-refractivity contribution < 1.29 is 27.4 Å². The van der Waals surface area contributed by atoms with Crippen molar-refractivity contribution in [3.8, 4) is 5.75 Å². The van der Waals surface area contributed by atoms with Gasteiger partial charge in [0.2, 0.25) is 6.23 Å². The van der Waals surface area contributed by atoms with E-state index in [1.807, 2.05) is 20.8 Å². The Morgan fingerprint density at radius 3 is 2.42 bits per heavy atom. The Bertz CT molecular complexity index is 737. The molecule has 2 atom stereocenters. The monoisotopic (exact) mass is 370 g/mol. The van der Waals surface area contributed by atoms with E-state index in [-0.39, 0.29) is 5.75 Å². The normalized spacial score (nSPS) is 14.6. The van der Waals surface area contributed by atoms with Gasteiger partial charge in [0.25, 0.3) is 0 Å². The summed E-state index contributed by atoms with van der Waals surface area (Å²) in [4.78, 5) is 15.5. The van der Waals surface area contributed by atoms with Crippen molar-refractivity contribution in [2.45, 2.75) is 46.2 Å². The lowest BCUT2D eigenvalue weighted by Crippen LogP contribution is -2.41. The summed E-state index contributed by atoms with van der Waals surface area (Å²) in [5, 5.41) is 0. The second kappa shape index (κ2) is 7.39. The van der Waals surface area contributed by atoms with Gasteiger partial charge in [-0.2, -0.15) is 13.2 Å². The van der Waals surface area contributed by atoms with Crippen molar-refractivity contribution in [1.29, 1.82) is 0 Å². The van der Waals surface area contributed by atoms with E-state index in [0.717, 1.165) is 12.1 Å². The third-order valence-corrected chi connectivity index (χ3v) is 3.64. The average molecular weight is 370 g/mol. The van der Waals surface area contributed by atoms with Crippen LogP contribution in [0, 0.1) is 5.41 Å². The first kappa shape index (κ1) is 19.8. The van der Waals surface area contributed by atoms with E-state index in [0.29, 0.717) is 0 Å². The van der Waals surface area contributed by atoms with Gasteiger partial charge in [-0.1, -0.05) is 26.8 Å². The number of esters is 1. The molecule has 0 N–H and O–H groups in total. The van der Waals surface area contributed by atoms with Crippen molar-refractivity contribution in [2.75, 3.05) is 0 Å². The number of imidazole rings is 1. The molecule has 1 aromatic carbocycles. The number of alkyl halides is 3. The predicted octanol–water partition coefficient (Wildman–Crippen LogP) is 4.46. The molecular weight excluding hydrogens is 349 g/mol. The molecule has 0 spiro atoms. The molecule has 142 valence electrons. The zero-order chi connectivity index (χ0) is 19.5. The van der Waals surface area contributed by atoms with Crippen LogP contribution < -0.4 is 4.74 Å². The molecule has 2 aromatic rings. The van der Waals surface area contributed by atoms with Gasteiger partial charge < -0.3 is 9.47 Å². The van der Waals surface area contributed by atoms with E-state index in [4.69, 9.17) is 9.47 Å². The number of carbonyl (C=O) groups is 1. The Morgan fingerprint density at radius 2 is 1.92 bits per heavy atom. The first-order chi connectivity index (χ1) is 12.0. The van der Waals surface area contributed by atoms with E-state index in [9.17, 15) is 18.0 Å². The van der Waals surface area contributed by atoms with Gasteiger partial charge in [-0.25, -0.2) is 4.98 Å². The number of aromatic nitrogens is 2. The van der Waals surface area contributed by atoms with Crippen LogP contribution in [0.2, 0.25) is 0 Å². The molecule has 0 saturated heterocycles. The van der Waals surface area contributed by atoms with Crippen LogP contribution in [0.3, 0.4) is 0 Å². The standard InChI is InChI=1S/C18H21F3N2O3/c1-12(24)25-15(17(2,3)4)16(23-9-8-22-11-23)26-14-7-5-6-13(10-14)18(19,20)21/h5-11,15-16H,1-4H3. The zero-order valence-corrected chi connectivity index (χ0v) is 14.9. The summed E-state index contributed by atoms with van der Waals surface area (Å²) >= 11 is 0. The van der Waals surface area contributed by atoms with Crippen molar-refractivity contribution in [1.82, 2.24) is 9.55 Å². The number of hydrogen-bond acceptors (Lipinski definition) is 4. The van der Waals surface area contributed by atoms with Crippen LogP contribution in [0.5, 0.6) is 5.75 Å². The Labute approximate surface area is 149 Å². The third kappa shape index (κ3) is 5.00. The fourth-order valence-corrected chi connectivity index (χ4v) is 2.43. The summed E-state index contributed by atoms with van der Waals surface area (Å²) in [6.45, 7) is 6.81. The molecule has 0 aliphatic rings. The average Bonchev–Trinajstić information content (AvgIpc) is 3.03. The van der Waals surface area contributed by atoms with Gasteiger partial charge >= 0.3 is 12.1 Å². The van der Waals surface area contributed by atoms with E-state index in [2.05, 4.69) is 4.98 Å². The molecule has 2 rings (SSSR count). The molecule has 0 bridgehead atoms. The summed E-state index contributed by atoms with van der Waals surface area (Å²) in [5.41, 5.74) is -1.36. The lowest BCUT2D eigenvalue weighted by Gasteiger charge is -2.36. The highest BCUT2D eigenvalue weighted by Gasteiger charge is 2.38. The molecule has 0 fully saturated rings. The molecular formula is C18H21F3N2O3. The largest absolute Gasteiger partial charge is 0.466 e. The minimum atomic E-state index is -4.48. The molecule has 26 heavy (non-hydrogen) atoms. The fraction of sp³-hybridized carbons (Fsp3) is 0.444. The molecule has 5 nitrogen and oxygen atoms in total. The summed E-state index contributed by atoms with van der Waals surface area (Å²) in [6.07, 6.45) is -1.56. The number of halogens is 3. The smallest absolute Gasteiger partial charge is 0.416 e. The molecule has 1 aromatic heterocycles. The van der Waals surface area contributed by atoms with Gasteiger partial charge in [0, 0.05) is 24.7 Å². The maximum absolute atomic E-state index is 13.0. The number of benzene rings is 1. The van der Waals surface area contributed by atoms with Gasteiger partial charge in [-0.15, -0.1) is 0 Å². The minimum Gasteiger partial charge on any atom is -0.466 e. The van der Waals surface area contributed by atoms with Crippen LogP contribution in [0.1, 0.15) is 39.5 Å². The Balaban J connectivity index is 2.42. The number of ether oxygens (including phenoxy) is 2. The van der Waals surface area contributed by atoms with E-state index in [1.54, 1.807) is 10.8 Å². The SMILES string of the molecule is CC(=O)OC(C(Oc1cccc(C(F)(F)F)c1)n1ccnc1)C(C)(C)C. The van der Waals surface area contributed by atoms with Crippen LogP contribution in [-0.4, -0.2) is 21.6 Å². The second-order valence-electron chi connectivity index (χ2n) is 6.94. The zero-order valence-electron chi connectivity index (χ0n) is 14.9. The highest BCUT2D eigenvalue weighted by atomic mass is 19.4. The topological polar surface area (TPSA) is 53.4 Å². The van der Waals surface area contributed by atoms with Crippen molar-refractivity contribution in [3.05, 3.63) is 48.5 Å². The van der Waals surface area contributed by atoms with Gasteiger partial charge in [-0.3, -0.25) is 9.36 Å². The highest BCUT2D eigenvalue weighted by molar-refractivity contribution is 5.66. The molecule has 2 unspecified atom stereocenters. The van der Waals surface area contributed by atoms with E-state index < -0.39 is 35.5 Å². The van der Waals surface area contributed by atoms with Crippen LogP contribution in [0.25, 0.3) is 0 Å². The predicted molar refractivity (Wildman–Crippen MR) is 88.3 cm³/mol. The van der Waals surface area contributed by atoms with Crippen LogP contribution in [0.4, 0.5) is 13.2 Å². The van der Waals surface area contributed by atoms with Crippen molar-refractivity contribution in [3.63, 3.8) is 0 Å². The first-order valence-corrected chi connectivity index (χ1v) is 7.97. The van der Waals surface area contributed by atoms with E-state index in [1.165, 1.54) is 31.6 Å². The highest BCUT2D eigenvalue weighted by Crippen LogP contribution is 2.36. The third-order valence-electron chi connectivity index (χ3n) is 3.64. The maximum atomic E-state index is 13.0. The van der Waals surface area contributed by atoms with Gasteiger partial charge in [-0.05, 0) is 18.2 Å². The lowest BCUT2D eigenvalue weighted by atomic mass is 9.87. The Kier molecular flexibility index (Phi) is 5.63. The number of hydrogen-bond donors (Lipinski definition) is 0. The molecule has 0 amide bonds. The van der Waals surface area contributed by atoms with Gasteiger partial charge in [0.15, 0.2) is 6.10 Å². The molecule has 8 heteroatoms. The van der Waals surface area contributed by atoms with Crippen molar-refractivity contribution in [2.24, 2.45) is 5.41 Å². The summed E-state index contributed by atoms with van der Waals surface area (Å²) < 4.78 is 51.7. The molecule has 0 aliphatic carbocycles. The molecule has 0 radical (unpaired) electrons. The fourth-order valence-electron chi connectivity index (χ4n) is 2.43. The second-order valence-corrected chi connectivity index (χ2v) is 6.94. The van der Waals surface area contributed by atoms with Crippen LogP contribution in [-0.2, 0) is 15.7 Å². The summed E-state index contributed by atoms with van der Waals surface area (Å²) in [7, 11) is 0. The van der Waals surface area contributed by atoms with Crippen LogP contribution in [0.15, 0.2) is 43.0 Å². The Morgan fingerprint density at radius 1 is 1.23 bits per heavy atom. The number of carbonyl (C=O) groups excluding carboxylic acids is 1. The quantitative estimate of drug-likeness (QED) is 0.730. The molecule has 1 heterocycles. The van der Waals surface area contributed by atoms with Crippen LogP contribution >= 0.6 is 0 Å². The number of nitrogens with zero attached hydrogens (tertiary/aromatic N) is 2. The molecule has 0 saturated carbocycles. The molecule has 0 aliphatic heterocycles. The summed E-state index contributed by atoms with van der Waals surface area (Å²) in [5.74, 6) is -0.498. The minimum absolute atomic E-state index is 0.0138. The van der Waals surface area contributed by atoms with Crippen molar-refractivity contribution >= 4 is 5.97 Å².